The van der Waals surface area contributed by atoms with Crippen molar-refractivity contribution in [3.8, 4) is 0 Å². The molecule has 0 aliphatic heterocycles. The third-order valence-corrected chi connectivity index (χ3v) is 4.47. The van der Waals surface area contributed by atoms with Gasteiger partial charge in [0.15, 0.2) is 0 Å². The Kier molecular flexibility index (Phi) is 3.62. The maximum atomic E-state index is 3.60. The molecule has 3 aromatic rings. The molecule has 0 aliphatic carbocycles. The van der Waals surface area contributed by atoms with E-state index in [1.165, 1.54) is 21.2 Å². The topological polar surface area (TPSA) is 12.0 Å². The van der Waals surface area contributed by atoms with Crippen LogP contribution < -0.4 is 5.32 Å². The van der Waals surface area contributed by atoms with Crippen LogP contribution in [-0.4, -0.2) is 0 Å². The Hall–Kier alpha value is -1.64. The minimum absolute atomic E-state index is 0.375. The van der Waals surface area contributed by atoms with E-state index in [-0.39, 0.29) is 0 Å². The minimum Gasteiger partial charge on any atom is -0.306 e. The largest absolute Gasteiger partial charge is 0.306 e. The summed E-state index contributed by atoms with van der Waals surface area (Å²) in [5, 5.41) is 7.23. The van der Waals surface area contributed by atoms with Gasteiger partial charge in [0.2, 0.25) is 0 Å². The summed E-state index contributed by atoms with van der Waals surface area (Å²) in [7, 11) is 0. The van der Waals surface area contributed by atoms with Crippen LogP contribution >= 0.6 is 11.3 Å². The zero-order valence-electron chi connectivity index (χ0n) is 11.0. The van der Waals surface area contributed by atoms with Crippen LogP contribution in [0.3, 0.4) is 0 Å². The van der Waals surface area contributed by atoms with Crippen molar-refractivity contribution >= 4 is 21.4 Å². The van der Waals surface area contributed by atoms with Crippen LogP contribution in [0, 0.1) is 0 Å². The number of thiophene rings is 1. The number of benzene rings is 2. The van der Waals surface area contributed by atoms with Crippen molar-refractivity contribution in [2.75, 3.05) is 0 Å². The number of nitrogens with one attached hydrogen (secondary N) is 1. The highest BCUT2D eigenvalue weighted by Crippen LogP contribution is 2.26. The van der Waals surface area contributed by atoms with Gasteiger partial charge in [-0.1, -0.05) is 48.5 Å². The van der Waals surface area contributed by atoms with Crippen molar-refractivity contribution in [3.05, 3.63) is 71.1 Å². The molecule has 1 unspecified atom stereocenters. The summed E-state index contributed by atoms with van der Waals surface area (Å²) >= 11 is 1.82. The second-order valence-electron chi connectivity index (χ2n) is 4.77. The summed E-state index contributed by atoms with van der Waals surface area (Å²) in [6.45, 7) is 3.13. The first-order valence-corrected chi connectivity index (χ1v) is 7.46. The van der Waals surface area contributed by atoms with Crippen molar-refractivity contribution < 1.29 is 0 Å². The lowest BCUT2D eigenvalue weighted by atomic mass is 10.1. The van der Waals surface area contributed by atoms with Gasteiger partial charge in [-0.2, -0.15) is 0 Å². The summed E-state index contributed by atoms with van der Waals surface area (Å²) in [5.41, 5.74) is 2.73. The van der Waals surface area contributed by atoms with Crippen LogP contribution in [0.25, 0.3) is 10.1 Å². The highest BCUT2D eigenvalue weighted by atomic mass is 32.1. The Morgan fingerprint density at radius 3 is 2.58 bits per heavy atom. The lowest BCUT2D eigenvalue weighted by molar-refractivity contribution is 0.577. The highest BCUT2D eigenvalue weighted by molar-refractivity contribution is 7.17. The van der Waals surface area contributed by atoms with Crippen LogP contribution in [0.4, 0.5) is 0 Å². The van der Waals surface area contributed by atoms with E-state index in [9.17, 15) is 0 Å². The molecule has 0 fully saturated rings. The van der Waals surface area contributed by atoms with Crippen LogP contribution in [0.1, 0.15) is 24.1 Å². The molecule has 0 bridgehead atoms. The van der Waals surface area contributed by atoms with E-state index in [1.54, 1.807) is 0 Å². The van der Waals surface area contributed by atoms with Gasteiger partial charge in [0, 0.05) is 17.3 Å². The maximum absolute atomic E-state index is 3.60. The SMILES string of the molecule is CC(NCc1csc2ccccc12)c1ccccc1. The summed E-state index contributed by atoms with van der Waals surface area (Å²) in [6, 6.07) is 19.6. The maximum Gasteiger partial charge on any atom is 0.0346 e. The fourth-order valence-electron chi connectivity index (χ4n) is 2.29. The summed E-state index contributed by atoms with van der Waals surface area (Å²) in [4.78, 5) is 0. The van der Waals surface area contributed by atoms with Crippen LogP contribution in [0.5, 0.6) is 0 Å². The number of hydrogen-bond donors (Lipinski definition) is 1. The van der Waals surface area contributed by atoms with Gasteiger partial charge >= 0.3 is 0 Å². The molecule has 1 aromatic heterocycles. The van der Waals surface area contributed by atoms with Crippen molar-refractivity contribution in [1.82, 2.24) is 5.32 Å². The molecule has 1 atom stereocenters. The van der Waals surface area contributed by atoms with Crippen LogP contribution in [0.15, 0.2) is 60.0 Å². The predicted molar refractivity (Wildman–Crippen MR) is 83.5 cm³/mol. The minimum atomic E-state index is 0.375. The second-order valence-corrected chi connectivity index (χ2v) is 5.68. The van der Waals surface area contributed by atoms with Gasteiger partial charge in [0.05, 0.1) is 0 Å². The number of hydrogen-bond acceptors (Lipinski definition) is 2. The third kappa shape index (κ3) is 2.70. The molecule has 1 N–H and O–H groups in total. The molecular weight excluding hydrogens is 250 g/mol. The van der Waals surface area contributed by atoms with E-state index in [2.05, 4.69) is 72.2 Å². The second kappa shape index (κ2) is 5.55. The van der Waals surface area contributed by atoms with E-state index in [0.29, 0.717) is 6.04 Å². The fourth-order valence-corrected chi connectivity index (χ4v) is 3.26. The van der Waals surface area contributed by atoms with Crippen molar-refractivity contribution in [1.29, 1.82) is 0 Å². The first-order chi connectivity index (χ1) is 9.34. The van der Waals surface area contributed by atoms with E-state index in [0.717, 1.165) is 6.54 Å². The molecule has 0 radical (unpaired) electrons. The standard InChI is InChI=1S/C17H17NS/c1-13(14-7-3-2-4-8-14)18-11-15-12-19-17-10-6-5-9-16(15)17/h2-10,12-13,18H,11H2,1H3. The van der Waals surface area contributed by atoms with Crippen molar-refractivity contribution in [2.45, 2.75) is 19.5 Å². The Morgan fingerprint density at radius 1 is 1.00 bits per heavy atom. The molecule has 1 heterocycles. The van der Waals surface area contributed by atoms with E-state index < -0.39 is 0 Å². The van der Waals surface area contributed by atoms with E-state index >= 15 is 0 Å². The molecule has 19 heavy (non-hydrogen) atoms. The average molecular weight is 267 g/mol. The quantitative estimate of drug-likeness (QED) is 0.719. The van der Waals surface area contributed by atoms with Gasteiger partial charge in [-0.05, 0) is 34.9 Å². The molecule has 2 aromatic carbocycles. The third-order valence-electron chi connectivity index (χ3n) is 3.46. The zero-order valence-corrected chi connectivity index (χ0v) is 11.8. The first-order valence-electron chi connectivity index (χ1n) is 6.58. The molecule has 0 spiro atoms. The Morgan fingerprint density at radius 2 is 1.74 bits per heavy atom. The highest BCUT2D eigenvalue weighted by Gasteiger charge is 2.07. The lowest BCUT2D eigenvalue weighted by Gasteiger charge is -2.13. The normalized spacial score (nSPS) is 12.7. The molecule has 0 saturated heterocycles. The van der Waals surface area contributed by atoms with Gasteiger partial charge in [-0.25, -0.2) is 0 Å². The molecule has 0 aliphatic rings. The van der Waals surface area contributed by atoms with Gasteiger partial charge in [-0.3, -0.25) is 0 Å². The van der Waals surface area contributed by atoms with Gasteiger partial charge in [0.1, 0.15) is 0 Å². The first kappa shape index (κ1) is 12.4. The average Bonchev–Trinajstić information content (AvgIpc) is 2.89. The molecule has 3 rings (SSSR count). The molecule has 0 saturated carbocycles. The predicted octanol–water partition coefficient (Wildman–Crippen LogP) is 4.75. The van der Waals surface area contributed by atoms with Crippen molar-refractivity contribution in [2.24, 2.45) is 0 Å². The fraction of sp³-hybridized carbons (Fsp3) is 0.176. The van der Waals surface area contributed by atoms with Gasteiger partial charge < -0.3 is 5.32 Å². The van der Waals surface area contributed by atoms with E-state index in [4.69, 9.17) is 0 Å². The Labute approximate surface area is 117 Å². The molecule has 96 valence electrons. The summed E-state index contributed by atoms with van der Waals surface area (Å²) in [5.74, 6) is 0. The van der Waals surface area contributed by atoms with Gasteiger partial charge in [0.25, 0.3) is 0 Å². The number of rotatable bonds is 4. The summed E-state index contributed by atoms with van der Waals surface area (Å²) in [6.07, 6.45) is 0. The lowest BCUT2D eigenvalue weighted by Crippen LogP contribution is -2.17. The van der Waals surface area contributed by atoms with Crippen LogP contribution in [0.2, 0.25) is 0 Å². The molecule has 1 nitrogen and oxygen atoms in total. The zero-order chi connectivity index (χ0) is 13.1. The Bertz CT molecular complexity index is 657. The van der Waals surface area contributed by atoms with Crippen LogP contribution in [-0.2, 0) is 6.54 Å². The molecule has 0 amide bonds. The van der Waals surface area contributed by atoms with E-state index in [1.807, 2.05) is 11.3 Å². The Balaban J connectivity index is 1.73. The number of fused-ring (bicyclic) bond motifs is 1. The molecular formula is C17H17NS. The molecule has 2 heteroatoms. The summed E-state index contributed by atoms with van der Waals surface area (Å²) < 4.78 is 1.37. The smallest absolute Gasteiger partial charge is 0.0346 e. The van der Waals surface area contributed by atoms with Crippen molar-refractivity contribution in [3.63, 3.8) is 0 Å². The van der Waals surface area contributed by atoms with Gasteiger partial charge in [-0.15, -0.1) is 11.3 Å². The monoisotopic (exact) mass is 267 g/mol.